The number of nitrogens with two attached hydrogens (primary N) is 1. The Bertz CT molecular complexity index is 479. The fraction of sp³-hybridized carbons (Fsp3) is 0.300. The standard InChI is InChI=1S/C10H13NO4S/c1-10(11,16(13,14)15)9(12)7-8-5-3-2-4-6-8/h2-6H,7,11H2,1H3,(H,13,14,15). The molecule has 0 fully saturated rings. The SMILES string of the molecule is CC(N)(C(=O)Cc1ccccc1)S(=O)(=O)O. The van der Waals surface area contributed by atoms with Gasteiger partial charge < -0.3 is 5.73 Å². The molecule has 0 spiro atoms. The molecule has 0 heterocycles. The van der Waals surface area contributed by atoms with Gasteiger partial charge in [-0.1, -0.05) is 30.3 Å². The minimum atomic E-state index is -4.59. The minimum Gasteiger partial charge on any atom is -0.305 e. The molecule has 0 saturated heterocycles. The van der Waals surface area contributed by atoms with Crippen LogP contribution in [-0.2, 0) is 21.3 Å². The van der Waals surface area contributed by atoms with Gasteiger partial charge in [-0.25, -0.2) is 0 Å². The summed E-state index contributed by atoms with van der Waals surface area (Å²) < 4.78 is 30.6. The van der Waals surface area contributed by atoms with E-state index in [2.05, 4.69) is 0 Å². The van der Waals surface area contributed by atoms with E-state index in [-0.39, 0.29) is 6.42 Å². The minimum absolute atomic E-state index is 0.131. The molecule has 1 unspecified atom stereocenters. The number of Topliss-reactive ketones (excluding diaryl/α,β-unsaturated/α-hetero) is 1. The van der Waals surface area contributed by atoms with Gasteiger partial charge in [0.05, 0.1) is 0 Å². The molecule has 0 saturated carbocycles. The van der Waals surface area contributed by atoms with Crippen LogP contribution in [-0.4, -0.2) is 23.6 Å². The Hall–Kier alpha value is -1.24. The number of benzene rings is 1. The monoisotopic (exact) mass is 243 g/mol. The lowest BCUT2D eigenvalue weighted by atomic mass is 10.1. The van der Waals surface area contributed by atoms with E-state index in [1.807, 2.05) is 0 Å². The number of carbonyl (C=O) groups is 1. The summed E-state index contributed by atoms with van der Waals surface area (Å²) in [5.74, 6) is -0.749. The summed E-state index contributed by atoms with van der Waals surface area (Å²) in [6.45, 7) is 0.980. The van der Waals surface area contributed by atoms with Crippen molar-refractivity contribution >= 4 is 15.9 Å². The highest BCUT2D eigenvalue weighted by atomic mass is 32.2. The van der Waals surface area contributed by atoms with Crippen LogP contribution in [0, 0.1) is 0 Å². The van der Waals surface area contributed by atoms with Gasteiger partial charge >= 0.3 is 0 Å². The van der Waals surface area contributed by atoms with Crippen LogP contribution in [0.25, 0.3) is 0 Å². The van der Waals surface area contributed by atoms with Crippen LogP contribution in [0.4, 0.5) is 0 Å². The highest BCUT2D eigenvalue weighted by molar-refractivity contribution is 7.88. The van der Waals surface area contributed by atoms with Gasteiger partial charge in [0.2, 0.25) is 4.87 Å². The Morgan fingerprint density at radius 3 is 2.31 bits per heavy atom. The first-order valence-corrected chi connectivity index (χ1v) is 6.02. The molecule has 0 aliphatic carbocycles. The maximum Gasteiger partial charge on any atom is 0.290 e. The summed E-state index contributed by atoms with van der Waals surface area (Å²) in [4.78, 5) is 9.36. The highest BCUT2D eigenvalue weighted by Gasteiger charge is 2.40. The van der Waals surface area contributed by atoms with Crippen molar-refractivity contribution in [3.63, 3.8) is 0 Å². The average Bonchev–Trinajstić information content (AvgIpc) is 2.17. The van der Waals surface area contributed by atoms with Gasteiger partial charge in [-0.3, -0.25) is 9.35 Å². The largest absolute Gasteiger partial charge is 0.305 e. The number of hydrogen-bond acceptors (Lipinski definition) is 4. The molecule has 1 rings (SSSR count). The predicted octanol–water partition coefficient (Wildman–Crippen LogP) is 0.361. The van der Waals surface area contributed by atoms with Crippen molar-refractivity contribution in [1.82, 2.24) is 0 Å². The van der Waals surface area contributed by atoms with Crippen molar-refractivity contribution in [2.75, 3.05) is 0 Å². The van der Waals surface area contributed by atoms with Gasteiger partial charge in [-0.05, 0) is 12.5 Å². The van der Waals surface area contributed by atoms with Gasteiger partial charge in [0.1, 0.15) is 0 Å². The molecule has 0 amide bonds. The Kier molecular flexibility index (Phi) is 3.47. The van der Waals surface area contributed by atoms with Crippen molar-refractivity contribution in [2.24, 2.45) is 5.73 Å². The van der Waals surface area contributed by atoms with Crippen LogP contribution in [0.5, 0.6) is 0 Å². The van der Waals surface area contributed by atoms with Crippen LogP contribution in [0.1, 0.15) is 12.5 Å². The highest BCUT2D eigenvalue weighted by Crippen LogP contribution is 2.13. The third-order valence-electron chi connectivity index (χ3n) is 2.30. The normalized spacial score (nSPS) is 15.4. The Morgan fingerprint density at radius 1 is 1.38 bits per heavy atom. The summed E-state index contributed by atoms with van der Waals surface area (Å²) >= 11 is 0. The van der Waals surface area contributed by atoms with Crippen LogP contribution in [0.3, 0.4) is 0 Å². The fourth-order valence-electron chi connectivity index (χ4n) is 1.10. The molecule has 1 atom stereocenters. The lowest BCUT2D eigenvalue weighted by molar-refractivity contribution is -0.120. The van der Waals surface area contributed by atoms with Crippen LogP contribution < -0.4 is 5.73 Å². The third-order valence-corrected chi connectivity index (χ3v) is 3.60. The molecule has 1 aromatic rings. The zero-order chi connectivity index (χ0) is 12.4. The number of hydrogen-bond donors (Lipinski definition) is 2. The number of rotatable bonds is 4. The summed E-state index contributed by atoms with van der Waals surface area (Å²) in [6, 6.07) is 8.59. The lowest BCUT2D eigenvalue weighted by Gasteiger charge is -2.19. The van der Waals surface area contributed by atoms with E-state index in [0.29, 0.717) is 5.56 Å². The summed E-state index contributed by atoms with van der Waals surface area (Å²) in [5.41, 5.74) is 5.94. The van der Waals surface area contributed by atoms with Crippen molar-refractivity contribution < 1.29 is 17.8 Å². The molecule has 6 heteroatoms. The van der Waals surface area contributed by atoms with Crippen molar-refractivity contribution in [3.05, 3.63) is 35.9 Å². The van der Waals surface area contributed by atoms with Gasteiger partial charge in [0.25, 0.3) is 10.1 Å². The van der Waals surface area contributed by atoms with E-state index in [9.17, 15) is 13.2 Å². The zero-order valence-corrected chi connectivity index (χ0v) is 9.57. The van der Waals surface area contributed by atoms with E-state index in [4.69, 9.17) is 10.3 Å². The number of ketones is 1. The molecule has 0 radical (unpaired) electrons. The van der Waals surface area contributed by atoms with Crippen LogP contribution in [0.15, 0.2) is 30.3 Å². The zero-order valence-electron chi connectivity index (χ0n) is 8.75. The third kappa shape index (κ3) is 2.66. The topological polar surface area (TPSA) is 97.5 Å². The lowest BCUT2D eigenvalue weighted by Crippen LogP contribution is -2.52. The maximum absolute atomic E-state index is 11.6. The van der Waals surface area contributed by atoms with Gasteiger partial charge in [0, 0.05) is 6.42 Å². The molecular weight excluding hydrogens is 230 g/mol. The first-order valence-electron chi connectivity index (χ1n) is 4.58. The van der Waals surface area contributed by atoms with Gasteiger partial charge in [0.15, 0.2) is 5.78 Å². The Balaban J connectivity index is 2.90. The molecular formula is C10H13NO4S. The molecule has 0 aliphatic heterocycles. The smallest absolute Gasteiger partial charge is 0.290 e. The Morgan fingerprint density at radius 2 is 1.88 bits per heavy atom. The van der Waals surface area contributed by atoms with Gasteiger partial charge in [-0.15, -0.1) is 0 Å². The van der Waals surface area contributed by atoms with E-state index in [1.165, 1.54) is 0 Å². The molecule has 1 aromatic carbocycles. The summed E-state index contributed by atoms with van der Waals surface area (Å²) in [6.07, 6.45) is -0.131. The van der Waals surface area contributed by atoms with Crippen molar-refractivity contribution in [1.29, 1.82) is 0 Å². The average molecular weight is 243 g/mol. The van der Waals surface area contributed by atoms with Crippen LogP contribution >= 0.6 is 0 Å². The fourth-order valence-corrected chi connectivity index (χ4v) is 1.46. The van der Waals surface area contributed by atoms with Crippen LogP contribution in [0.2, 0.25) is 0 Å². The molecule has 0 aromatic heterocycles. The maximum atomic E-state index is 11.6. The second-order valence-electron chi connectivity index (χ2n) is 3.67. The van der Waals surface area contributed by atoms with E-state index >= 15 is 0 Å². The number of carbonyl (C=O) groups excluding carboxylic acids is 1. The Labute approximate surface area is 94.0 Å². The first kappa shape index (κ1) is 12.8. The quantitative estimate of drug-likeness (QED) is 0.744. The van der Waals surface area contributed by atoms with E-state index in [1.54, 1.807) is 30.3 Å². The van der Waals surface area contributed by atoms with Gasteiger partial charge in [-0.2, -0.15) is 8.42 Å². The van der Waals surface area contributed by atoms with Crippen molar-refractivity contribution in [3.8, 4) is 0 Å². The molecule has 0 aliphatic rings. The molecule has 88 valence electrons. The molecule has 16 heavy (non-hydrogen) atoms. The molecule has 5 nitrogen and oxygen atoms in total. The summed E-state index contributed by atoms with van der Waals surface area (Å²) in [5, 5.41) is 0. The predicted molar refractivity (Wildman–Crippen MR) is 59.3 cm³/mol. The van der Waals surface area contributed by atoms with E-state index < -0.39 is 20.8 Å². The second kappa shape index (κ2) is 4.32. The molecule has 3 N–H and O–H groups in total. The van der Waals surface area contributed by atoms with E-state index in [0.717, 1.165) is 6.92 Å². The first-order chi connectivity index (χ1) is 7.25. The summed E-state index contributed by atoms with van der Waals surface area (Å²) in [7, 11) is -4.59. The van der Waals surface area contributed by atoms with Crippen molar-refractivity contribution in [2.45, 2.75) is 18.2 Å². The second-order valence-corrected chi connectivity index (χ2v) is 5.47. The molecule has 0 bridgehead atoms.